The van der Waals surface area contributed by atoms with Crippen LogP contribution in [0.25, 0.3) is 0 Å². The molecule has 140 valence electrons. The fourth-order valence-electron chi connectivity index (χ4n) is 2.47. The summed E-state index contributed by atoms with van der Waals surface area (Å²) < 4.78 is 33.5. The zero-order valence-electron chi connectivity index (χ0n) is 14.5. The number of ether oxygens (including phenoxy) is 6. The molecule has 6 nitrogen and oxygen atoms in total. The van der Waals surface area contributed by atoms with Crippen molar-refractivity contribution >= 4 is 0 Å². The van der Waals surface area contributed by atoms with Crippen molar-refractivity contribution in [3.05, 3.63) is 73.5 Å². The molecule has 3 aliphatic heterocycles. The van der Waals surface area contributed by atoms with Crippen molar-refractivity contribution in [2.24, 2.45) is 0 Å². The average Bonchev–Trinajstić information content (AvgIpc) is 2.70. The van der Waals surface area contributed by atoms with E-state index in [0.717, 1.165) is 0 Å². The monoisotopic (exact) mass is 360 g/mol. The molecular formula is C20H24O6. The van der Waals surface area contributed by atoms with Crippen LogP contribution in [0.3, 0.4) is 0 Å². The lowest BCUT2D eigenvalue weighted by Crippen LogP contribution is -2.27. The largest absolute Gasteiger partial charge is 0.469 e. The van der Waals surface area contributed by atoms with Gasteiger partial charge in [0.25, 0.3) is 0 Å². The van der Waals surface area contributed by atoms with Gasteiger partial charge in [0.1, 0.15) is 0 Å². The van der Waals surface area contributed by atoms with Crippen LogP contribution < -0.4 is 0 Å². The van der Waals surface area contributed by atoms with Crippen molar-refractivity contribution in [1.82, 2.24) is 0 Å². The summed E-state index contributed by atoms with van der Waals surface area (Å²) in [5.74, 6) is 0. The van der Waals surface area contributed by atoms with Gasteiger partial charge >= 0.3 is 0 Å². The normalized spacial score (nSPS) is 27.0. The van der Waals surface area contributed by atoms with E-state index < -0.39 is 6.29 Å². The van der Waals surface area contributed by atoms with Crippen molar-refractivity contribution in [3.8, 4) is 0 Å². The summed E-state index contributed by atoms with van der Waals surface area (Å²) in [6.45, 7) is 1.00. The van der Waals surface area contributed by atoms with Crippen molar-refractivity contribution in [3.63, 3.8) is 0 Å². The van der Waals surface area contributed by atoms with Crippen molar-refractivity contribution in [2.75, 3.05) is 13.2 Å². The number of rotatable bonds is 10. The van der Waals surface area contributed by atoms with Gasteiger partial charge in [0.05, 0.1) is 38.1 Å². The summed E-state index contributed by atoms with van der Waals surface area (Å²) in [5.41, 5.74) is 0. The molecule has 26 heavy (non-hydrogen) atoms. The van der Waals surface area contributed by atoms with E-state index in [0.29, 0.717) is 26.1 Å². The Kier molecular flexibility index (Phi) is 7.58. The molecule has 3 atom stereocenters. The first-order valence-electron chi connectivity index (χ1n) is 8.75. The molecule has 0 N–H and O–H groups in total. The third kappa shape index (κ3) is 6.55. The Morgan fingerprint density at radius 2 is 1.08 bits per heavy atom. The van der Waals surface area contributed by atoms with Gasteiger partial charge in [-0.1, -0.05) is 18.2 Å². The minimum atomic E-state index is -0.396. The molecule has 0 amide bonds. The molecule has 0 aliphatic carbocycles. The van der Waals surface area contributed by atoms with Crippen LogP contribution in [0.15, 0.2) is 73.5 Å². The van der Waals surface area contributed by atoms with Crippen LogP contribution in [0.4, 0.5) is 0 Å². The van der Waals surface area contributed by atoms with Gasteiger partial charge in [0, 0.05) is 0 Å². The zero-order chi connectivity index (χ0) is 17.9. The fourth-order valence-corrected chi connectivity index (χ4v) is 2.47. The highest BCUT2D eigenvalue weighted by atomic mass is 16.7. The van der Waals surface area contributed by atoms with Gasteiger partial charge in [-0.15, -0.1) is 0 Å². The van der Waals surface area contributed by atoms with Crippen LogP contribution in [0, 0.1) is 0 Å². The summed E-state index contributed by atoms with van der Waals surface area (Å²) in [5, 5.41) is 0. The van der Waals surface area contributed by atoms with Crippen molar-refractivity contribution in [2.45, 2.75) is 37.8 Å². The summed E-state index contributed by atoms with van der Waals surface area (Å²) >= 11 is 0. The molecule has 0 saturated carbocycles. The number of hydrogen-bond donors (Lipinski definition) is 0. The summed E-state index contributed by atoms with van der Waals surface area (Å²) in [7, 11) is 0. The van der Waals surface area contributed by atoms with E-state index in [4.69, 9.17) is 28.4 Å². The van der Waals surface area contributed by atoms with E-state index in [1.54, 1.807) is 18.8 Å². The molecule has 0 fully saturated rings. The molecule has 0 radical (unpaired) electrons. The highest BCUT2D eigenvalue weighted by molar-refractivity contribution is 5.06. The van der Waals surface area contributed by atoms with Crippen molar-refractivity contribution in [1.29, 1.82) is 0 Å². The van der Waals surface area contributed by atoms with E-state index in [9.17, 15) is 0 Å². The van der Waals surface area contributed by atoms with Gasteiger partial charge in [-0.2, -0.15) is 0 Å². The molecule has 0 bridgehead atoms. The second-order valence-corrected chi connectivity index (χ2v) is 5.73. The van der Waals surface area contributed by atoms with Gasteiger partial charge in [-0.25, -0.2) is 0 Å². The molecule has 6 heteroatoms. The predicted molar refractivity (Wildman–Crippen MR) is 95.5 cm³/mol. The lowest BCUT2D eigenvalue weighted by molar-refractivity contribution is -0.142. The Morgan fingerprint density at radius 3 is 1.50 bits per heavy atom. The first-order chi connectivity index (χ1) is 12.9. The lowest BCUT2D eigenvalue weighted by Gasteiger charge is -2.25. The van der Waals surface area contributed by atoms with E-state index in [1.165, 1.54) is 0 Å². The van der Waals surface area contributed by atoms with Gasteiger partial charge < -0.3 is 28.4 Å². The highest BCUT2D eigenvalue weighted by Gasteiger charge is 2.18. The zero-order valence-corrected chi connectivity index (χ0v) is 14.5. The molecular weight excluding hydrogens is 336 g/mol. The van der Waals surface area contributed by atoms with Crippen molar-refractivity contribution < 1.29 is 28.4 Å². The molecule has 0 aromatic carbocycles. The molecule has 3 heterocycles. The average molecular weight is 360 g/mol. The molecule has 3 rings (SSSR count). The Labute approximate surface area is 153 Å². The van der Waals surface area contributed by atoms with Crippen LogP contribution in [0.1, 0.15) is 12.8 Å². The summed E-state index contributed by atoms with van der Waals surface area (Å²) in [6, 6.07) is 0. The molecule has 3 aliphatic rings. The standard InChI is InChI=1S/C20H24O6/c1-4-12-21-18(7-1)24-15-10-17(26-20-9-3-6-14-23-20)11-16-25-19-8-2-5-13-22-19/h1-9,12-14,17-20H,10-11,15-16H2. The van der Waals surface area contributed by atoms with Crippen LogP contribution in [-0.2, 0) is 28.4 Å². The van der Waals surface area contributed by atoms with E-state index in [2.05, 4.69) is 0 Å². The maximum absolute atomic E-state index is 6.00. The Bertz CT molecular complexity index is 553. The molecule has 3 unspecified atom stereocenters. The second kappa shape index (κ2) is 10.7. The molecule has 0 saturated heterocycles. The van der Waals surface area contributed by atoms with Gasteiger partial charge in [0.15, 0.2) is 0 Å². The first kappa shape index (κ1) is 18.5. The van der Waals surface area contributed by atoms with E-state index in [1.807, 2.05) is 54.7 Å². The number of hydrogen-bond acceptors (Lipinski definition) is 6. The lowest BCUT2D eigenvalue weighted by atomic mass is 10.2. The highest BCUT2D eigenvalue weighted by Crippen LogP contribution is 2.15. The Morgan fingerprint density at radius 1 is 0.615 bits per heavy atom. The third-order valence-electron chi connectivity index (χ3n) is 3.78. The SMILES string of the molecule is C1=COC(OCCC(CCOC2C=CC=CO2)OC2C=CC=CO2)C=C1. The minimum Gasteiger partial charge on any atom is -0.469 e. The minimum absolute atomic E-state index is 0.0811. The van der Waals surface area contributed by atoms with Gasteiger partial charge in [-0.05, 0) is 49.3 Å². The summed E-state index contributed by atoms with van der Waals surface area (Å²) in [6.07, 6.45) is 21.8. The van der Waals surface area contributed by atoms with Crippen LogP contribution >= 0.6 is 0 Å². The van der Waals surface area contributed by atoms with Crippen LogP contribution in [-0.4, -0.2) is 38.2 Å². The van der Waals surface area contributed by atoms with E-state index in [-0.39, 0.29) is 18.7 Å². The fraction of sp³-hybridized carbons (Fsp3) is 0.400. The topological polar surface area (TPSA) is 55.4 Å². The van der Waals surface area contributed by atoms with Crippen LogP contribution in [0.2, 0.25) is 0 Å². The molecule has 0 spiro atoms. The Hall–Kier alpha value is -2.28. The molecule has 0 aromatic heterocycles. The van der Waals surface area contributed by atoms with Gasteiger partial charge in [-0.3, -0.25) is 0 Å². The molecule has 0 aromatic rings. The quantitative estimate of drug-likeness (QED) is 0.595. The summed E-state index contributed by atoms with van der Waals surface area (Å²) in [4.78, 5) is 0. The maximum Gasteiger partial charge on any atom is 0.219 e. The maximum atomic E-state index is 6.00. The Balaban J connectivity index is 1.41. The third-order valence-corrected chi connectivity index (χ3v) is 3.78. The number of allylic oxidation sites excluding steroid dienone is 6. The second-order valence-electron chi connectivity index (χ2n) is 5.73. The van der Waals surface area contributed by atoms with Gasteiger partial charge in [0.2, 0.25) is 18.9 Å². The van der Waals surface area contributed by atoms with E-state index >= 15 is 0 Å². The van der Waals surface area contributed by atoms with Crippen LogP contribution in [0.5, 0.6) is 0 Å². The first-order valence-corrected chi connectivity index (χ1v) is 8.75. The predicted octanol–water partition coefficient (Wildman–Crippen LogP) is 3.46. The smallest absolute Gasteiger partial charge is 0.219 e.